The van der Waals surface area contributed by atoms with Crippen molar-refractivity contribution in [2.24, 2.45) is 0 Å². The van der Waals surface area contributed by atoms with Gasteiger partial charge in [0.25, 0.3) is 5.91 Å². The molecule has 2 aliphatic heterocycles. The first-order chi connectivity index (χ1) is 15.9. The van der Waals surface area contributed by atoms with Crippen molar-refractivity contribution < 1.29 is 29.3 Å². The fourth-order valence-corrected chi connectivity index (χ4v) is 4.10. The van der Waals surface area contributed by atoms with Crippen LogP contribution >= 0.6 is 0 Å². The molecule has 33 heavy (non-hydrogen) atoms. The highest BCUT2D eigenvalue weighted by atomic mass is 16.5. The molecule has 0 spiro atoms. The molecule has 2 aromatic carbocycles. The number of carboxylic acid groups (broad SMARTS) is 2. The maximum absolute atomic E-state index is 12.7. The Morgan fingerprint density at radius 1 is 1.00 bits per heavy atom. The maximum atomic E-state index is 12.7. The minimum atomic E-state index is -1.82. The molecule has 8 nitrogen and oxygen atoms in total. The number of ether oxygens (including phenoxy) is 1. The van der Waals surface area contributed by atoms with Crippen molar-refractivity contribution in [2.45, 2.75) is 19.1 Å². The third kappa shape index (κ3) is 6.06. The van der Waals surface area contributed by atoms with Crippen molar-refractivity contribution in [1.29, 1.82) is 0 Å². The van der Waals surface area contributed by atoms with E-state index in [2.05, 4.69) is 41.3 Å². The van der Waals surface area contributed by atoms with Crippen LogP contribution in [0.25, 0.3) is 5.57 Å². The van der Waals surface area contributed by atoms with E-state index in [0.29, 0.717) is 0 Å². The summed E-state index contributed by atoms with van der Waals surface area (Å²) in [5, 5.41) is 14.8. The number of nitrogens with zero attached hydrogens (tertiary/aromatic N) is 2. The summed E-state index contributed by atoms with van der Waals surface area (Å²) >= 11 is 0. The second kappa shape index (κ2) is 11.4. The van der Waals surface area contributed by atoms with Gasteiger partial charge in [0.2, 0.25) is 0 Å². The molecular weight excluding hydrogens is 424 g/mol. The van der Waals surface area contributed by atoms with Gasteiger partial charge in [0, 0.05) is 44.4 Å². The van der Waals surface area contributed by atoms with Gasteiger partial charge in [0.05, 0.1) is 0 Å². The minimum absolute atomic E-state index is 0.0855. The summed E-state index contributed by atoms with van der Waals surface area (Å²) in [6.45, 7) is 3.77. The Hall–Kier alpha value is -3.49. The van der Waals surface area contributed by atoms with Crippen molar-refractivity contribution in [2.75, 3.05) is 33.3 Å². The van der Waals surface area contributed by atoms with Gasteiger partial charge in [-0.05, 0) is 30.0 Å². The summed E-state index contributed by atoms with van der Waals surface area (Å²) < 4.78 is 5.61. The van der Waals surface area contributed by atoms with Crippen molar-refractivity contribution in [3.8, 4) is 0 Å². The molecule has 4 rings (SSSR count). The van der Waals surface area contributed by atoms with Gasteiger partial charge in [-0.3, -0.25) is 9.69 Å². The van der Waals surface area contributed by atoms with Gasteiger partial charge in [-0.25, -0.2) is 9.59 Å². The van der Waals surface area contributed by atoms with Crippen LogP contribution in [0.1, 0.15) is 40.6 Å². The normalized spacial score (nSPS) is 17.6. The topological polar surface area (TPSA) is 107 Å². The van der Waals surface area contributed by atoms with E-state index in [1.165, 1.54) is 11.1 Å². The van der Waals surface area contributed by atoms with E-state index in [9.17, 15) is 4.79 Å². The zero-order chi connectivity index (χ0) is 23.8. The predicted molar refractivity (Wildman–Crippen MR) is 123 cm³/mol. The van der Waals surface area contributed by atoms with E-state index in [1.54, 1.807) is 7.11 Å². The molecule has 1 atom stereocenters. The minimum Gasteiger partial charge on any atom is -0.473 e. The Balaban J connectivity index is 0.000000454. The average Bonchev–Trinajstić information content (AvgIpc) is 3.11. The molecule has 2 N–H and O–H groups in total. The van der Waals surface area contributed by atoms with E-state index in [0.717, 1.165) is 50.1 Å². The number of hydrogen-bond acceptors (Lipinski definition) is 5. The number of amides is 1. The Morgan fingerprint density at radius 3 is 2.27 bits per heavy atom. The van der Waals surface area contributed by atoms with Crippen LogP contribution in [-0.4, -0.2) is 71.1 Å². The number of carbonyl (C=O) groups is 3. The number of rotatable bonds is 6. The molecule has 0 saturated carbocycles. The Bertz CT molecular complexity index is 1010. The monoisotopic (exact) mass is 452 g/mol. The first kappa shape index (κ1) is 24.2. The second-order valence-electron chi connectivity index (χ2n) is 7.78. The Morgan fingerprint density at radius 2 is 1.67 bits per heavy atom. The van der Waals surface area contributed by atoms with Gasteiger partial charge < -0.3 is 19.8 Å². The molecule has 0 aromatic heterocycles. The first-order valence-corrected chi connectivity index (χ1v) is 10.8. The van der Waals surface area contributed by atoms with Crippen molar-refractivity contribution in [3.63, 3.8) is 0 Å². The smallest absolute Gasteiger partial charge is 0.414 e. The number of benzene rings is 2. The molecular formula is C25H28N2O6. The zero-order valence-electron chi connectivity index (χ0n) is 18.5. The lowest BCUT2D eigenvalue weighted by Crippen LogP contribution is -2.34. The molecule has 174 valence electrons. The van der Waals surface area contributed by atoms with Gasteiger partial charge in [-0.2, -0.15) is 0 Å². The average molecular weight is 453 g/mol. The lowest BCUT2D eigenvalue weighted by Gasteiger charge is -2.28. The highest BCUT2D eigenvalue weighted by Crippen LogP contribution is 2.33. The largest absolute Gasteiger partial charge is 0.473 e. The first-order valence-electron chi connectivity index (χ1n) is 10.8. The molecule has 2 aliphatic rings. The molecule has 0 fully saturated rings. The van der Waals surface area contributed by atoms with Crippen molar-refractivity contribution in [3.05, 3.63) is 77.4 Å². The van der Waals surface area contributed by atoms with Gasteiger partial charge in [-0.15, -0.1) is 0 Å². The standard InChI is InChI=1S/C23H26N2O2.C2H2O4/c1-27-23-21-11-6-5-10-20(21)22(26)25(23)15-7-14-24-16-12-19(13-17-24)18-8-3-2-4-9-18;3-1(4)2(5)6/h2-6,8-12,23H,7,13-17H2,1H3;(H,3,4)(H,5,6). The van der Waals surface area contributed by atoms with Crippen molar-refractivity contribution >= 4 is 23.4 Å². The summed E-state index contributed by atoms with van der Waals surface area (Å²) in [7, 11) is 1.67. The van der Waals surface area contributed by atoms with Crippen LogP contribution in [0.15, 0.2) is 60.7 Å². The number of fused-ring (bicyclic) bond motifs is 1. The number of hydrogen-bond donors (Lipinski definition) is 2. The lowest BCUT2D eigenvalue weighted by atomic mass is 9.99. The number of carbonyl (C=O) groups excluding carboxylic acids is 1. The van der Waals surface area contributed by atoms with Gasteiger partial charge in [0.15, 0.2) is 6.23 Å². The highest BCUT2D eigenvalue weighted by Gasteiger charge is 2.36. The highest BCUT2D eigenvalue weighted by molar-refractivity contribution is 6.27. The van der Waals surface area contributed by atoms with Crippen LogP contribution in [0, 0.1) is 0 Å². The zero-order valence-corrected chi connectivity index (χ0v) is 18.5. The Labute approximate surface area is 192 Å². The van der Waals surface area contributed by atoms with Crippen LogP contribution in [-0.2, 0) is 14.3 Å². The van der Waals surface area contributed by atoms with Crippen molar-refractivity contribution in [1.82, 2.24) is 9.80 Å². The maximum Gasteiger partial charge on any atom is 0.414 e. The number of carboxylic acids is 2. The molecule has 1 amide bonds. The van der Waals surface area contributed by atoms with E-state index >= 15 is 0 Å². The van der Waals surface area contributed by atoms with Crippen LogP contribution in [0.3, 0.4) is 0 Å². The second-order valence-corrected chi connectivity index (χ2v) is 7.78. The molecule has 2 aromatic rings. The van der Waals surface area contributed by atoms with Crippen LogP contribution in [0.2, 0.25) is 0 Å². The number of methoxy groups -OCH3 is 1. The fraction of sp³-hybridized carbons (Fsp3) is 0.320. The SMILES string of the molecule is COC1c2ccccc2C(=O)N1CCCN1CC=C(c2ccccc2)CC1.O=C(O)C(=O)O. The molecule has 1 unspecified atom stereocenters. The van der Waals surface area contributed by atoms with Gasteiger partial charge in [0.1, 0.15) is 0 Å². The van der Waals surface area contributed by atoms with E-state index in [-0.39, 0.29) is 12.1 Å². The van der Waals surface area contributed by atoms with Gasteiger partial charge in [-0.1, -0.05) is 54.6 Å². The van der Waals surface area contributed by atoms with E-state index in [1.807, 2.05) is 29.2 Å². The molecule has 0 aliphatic carbocycles. The summed E-state index contributed by atoms with van der Waals surface area (Å²) in [6.07, 6.45) is 4.13. The molecule has 8 heteroatoms. The summed E-state index contributed by atoms with van der Waals surface area (Å²) in [5.74, 6) is -3.56. The summed E-state index contributed by atoms with van der Waals surface area (Å²) in [5.41, 5.74) is 4.54. The molecule has 0 radical (unpaired) electrons. The van der Waals surface area contributed by atoms with Crippen LogP contribution in [0.4, 0.5) is 0 Å². The third-order valence-electron chi connectivity index (χ3n) is 5.72. The number of aliphatic carboxylic acids is 2. The fourth-order valence-electron chi connectivity index (χ4n) is 4.10. The molecule has 0 saturated heterocycles. The third-order valence-corrected chi connectivity index (χ3v) is 5.72. The quantitative estimate of drug-likeness (QED) is 0.649. The van der Waals surface area contributed by atoms with Gasteiger partial charge >= 0.3 is 11.9 Å². The van der Waals surface area contributed by atoms with Crippen LogP contribution < -0.4 is 0 Å². The molecule has 2 heterocycles. The van der Waals surface area contributed by atoms with Crippen LogP contribution in [0.5, 0.6) is 0 Å². The van der Waals surface area contributed by atoms with E-state index in [4.69, 9.17) is 24.5 Å². The molecule has 0 bridgehead atoms. The van der Waals surface area contributed by atoms with E-state index < -0.39 is 11.9 Å². The predicted octanol–water partition coefficient (Wildman–Crippen LogP) is 3.12. The Kier molecular flexibility index (Phi) is 8.34. The summed E-state index contributed by atoms with van der Waals surface area (Å²) in [4.78, 5) is 35.2. The summed E-state index contributed by atoms with van der Waals surface area (Å²) in [6, 6.07) is 18.4. The lowest BCUT2D eigenvalue weighted by molar-refractivity contribution is -0.159.